The molecule has 0 saturated carbocycles. The Morgan fingerprint density at radius 3 is 2.84 bits per heavy atom. The van der Waals surface area contributed by atoms with Crippen molar-refractivity contribution in [1.82, 2.24) is 10.6 Å². The lowest BCUT2D eigenvalue weighted by atomic mass is 10.3. The van der Waals surface area contributed by atoms with Crippen LogP contribution in [0.25, 0.3) is 0 Å². The zero-order chi connectivity index (χ0) is 17.9. The smallest absolute Gasteiger partial charge is 0.221 e. The zero-order valence-corrected chi connectivity index (χ0v) is 14.5. The second kappa shape index (κ2) is 10.0. The van der Waals surface area contributed by atoms with E-state index in [9.17, 15) is 4.79 Å². The van der Waals surface area contributed by atoms with Gasteiger partial charge in [-0.05, 0) is 31.2 Å². The zero-order valence-electron chi connectivity index (χ0n) is 14.5. The average molecular weight is 344 g/mol. The summed E-state index contributed by atoms with van der Waals surface area (Å²) in [5.74, 6) is 2.10. The Morgan fingerprint density at radius 2 is 2.12 bits per heavy atom. The van der Waals surface area contributed by atoms with Crippen molar-refractivity contribution in [2.75, 3.05) is 25.0 Å². The molecule has 3 N–H and O–H groups in total. The predicted molar refractivity (Wildman–Crippen MR) is 97.8 cm³/mol. The molecule has 1 amide bonds. The molecule has 0 aliphatic carbocycles. The maximum atomic E-state index is 11.1. The van der Waals surface area contributed by atoms with Gasteiger partial charge in [0.25, 0.3) is 0 Å². The van der Waals surface area contributed by atoms with Crippen molar-refractivity contribution in [1.29, 1.82) is 0 Å². The SMILES string of the molecule is CCNC(=NCc1ccco1)NCCOc1cccc(NC(C)=O)c1. The largest absolute Gasteiger partial charge is 0.492 e. The van der Waals surface area contributed by atoms with E-state index in [0.717, 1.165) is 12.3 Å². The molecule has 7 nitrogen and oxygen atoms in total. The number of hydrogen-bond acceptors (Lipinski definition) is 4. The Kier molecular flexibility index (Phi) is 7.37. The van der Waals surface area contributed by atoms with Gasteiger partial charge in [0.05, 0.1) is 12.8 Å². The lowest BCUT2D eigenvalue weighted by Crippen LogP contribution is -2.39. The standard InChI is InChI=1S/C18H24N4O3/c1-3-19-18(21-13-17-8-5-10-24-17)20-9-11-25-16-7-4-6-15(12-16)22-14(2)23/h4-8,10,12H,3,9,11,13H2,1-2H3,(H,22,23)(H2,19,20,21). The Morgan fingerprint density at radius 1 is 1.24 bits per heavy atom. The van der Waals surface area contributed by atoms with Crippen LogP contribution in [0.2, 0.25) is 0 Å². The highest BCUT2D eigenvalue weighted by Gasteiger charge is 2.01. The van der Waals surface area contributed by atoms with Gasteiger partial charge in [-0.25, -0.2) is 4.99 Å². The van der Waals surface area contributed by atoms with Gasteiger partial charge in [0.15, 0.2) is 5.96 Å². The van der Waals surface area contributed by atoms with E-state index >= 15 is 0 Å². The number of amides is 1. The molecule has 0 saturated heterocycles. The molecular formula is C18H24N4O3. The van der Waals surface area contributed by atoms with Crippen molar-refractivity contribution >= 4 is 17.6 Å². The maximum absolute atomic E-state index is 11.1. The van der Waals surface area contributed by atoms with Crippen molar-refractivity contribution in [2.24, 2.45) is 4.99 Å². The number of hydrogen-bond donors (Lipinski definition) is 3. The first-order valence-electron chi connectivity index (χ1n) is 8.22. The van der Waals surface area contributed by atoms with Gasteiger partial charge < -0.3 is 25.1 Å². The lowest BCUT2D eigenvalue weighted by molar-refractivity contribution is -0.114. The number of carbonyl (C=O) groups excluding carboxylic acids is 1. The van der Waals surface area contributed by atoms with E-state index in [2.05, 4.69) is 20.9 Å². The minimum absolute atomic E-state index is 0.109. The molecule has 0 bridgehead atoms. The van der Waals surface area contributed by atoms with E-state index in [0.29, 0.717) is 37.1 Å². The fraction of sp³-hybridized carbons (Fsp3) is 0.333. The fourth-order valence-corrected chi connectivity index (χ4v) is 2.11. The molecule has 1 heterocycles. The van der Waals surface area contributed by atoms with Crippen LogP contribution >= 0.6 is 0 Å². The van der Waals surface area contributed by atoms with Crippen LogP contribution in [-0.4, -0.2) is 31.6 Å². The minimum Gasteiger partial charge on any atom is -0.492 e. The van der Waals surface area contributed by atoms with Crippen LogP contribution in [-0.2, 0) is 11.3 Å². The highest BCUT2D eigenvalue weighted by atomic mass is 16.5. The third kappa shape index (κ3) is 6.99. The fourth-order valence-electron chi connectivity index (χ4n) is 2.11. The normalized spacial score (nSPS) is 11.0. The van der Waals surface area contributed by atoms with Crippen LogP contribution in [0.1, 0.15) is 19.6 Å². The summed E-state index contributed by atoms with van der Waals surface area (Å²) in [6, 6.07) is 11.0. The van der Waals surface area contributed by atoms with Crippen molar-refractivity contribution in [3.05, 3.63) is 48.4 Å². The van der Waals surface area contributed by atoms with E-state index in [4.69, 9.17) is 9.15 Å². The predicted octanol–water partition coefficient (Wildman–Crippen LogP) is 2.37. The maximum Gasteiger partial charge on any atom is 0.221 e. The van der Waals surface area contributed by atoms with Gasteiger partial charge in [0.2, 0.25) is 5.91 Å². The van der Waals surface area contributed by atoms with Crippen LogP contribution < -0.4 is 20.7 Å². The molecule has 2 aromatic rings. The summed E-state index contributed by atoms with van der Waals surface area (Å²) in [6.07, 6.45) is 1.63. The summed E-state index contributed by atoms with van der Waals surface area (Å²) in [4.78, 5) is 15.5. The van der Waals surface area contributed by atoms with Crippen molar-refractivity contribution in [3.8, 4) is 5.75 Å². The molecule has 0 atom stereocenters. The number of guanidine groups is 1. The number of furan rings is 1. The van der Waals surface area contributed by atoms with E-state index in [1.807, 2.05) is 37.3 Å². The van der Waals surface area contributed by atoms with Crippen LogP contribution in [0.15, 0.2) is 52.1 Å². The summed E-state index contributed by atoms with van der Waals surface area (Å²) in [5, 5.41) is 9.10. The van der Waals surface area contributed by atoms with Crippen LogP contribution in [0.5, 0.6) is 5.75 Å². The topological polar surface area (TPSA) is 87.9 Å². The monoisotopic (exact) mass is 344 g/mol. The first kappa shape index (κ1) is 18.4. The van der Waals surface area contributed by atoms with Gasteiger partial charge in [-0.1, -0.05) is 6.07 Å². The van der Waals surface area contributed by atoms with E-state index in [1.54, 1.807) is 12.3 Å². The first-order valence-corrected chi connectivity index (χ1v) is 8.22. The molecule has 134 valence electrons. The van der Waals surface area contributed by atoms with Crippen LogP contribution in [0.3, 0.4) is 0 Å². The first-order chi connectivity index (χ1) is 12.2. The van der Waals surface area contributed by atoms with Crippen molar-refractivity contribution in [3.63, 3.8) is 0 Å². The number of carbonyl (C=O) groups is 1. The number of benzene rings is 1. The number of rotatable bonds is 8. The highest BCUT2D eigenvalue weighted by Crippen LogP contribution is 2.16. The Hall–Kier alpha value is -2.96. The molecule has 25 heavy (non-hydrogen) atoms. The molecule has 1 aromatic heterocycles. The van der Waals surface area contributed by atoms with Gasteiger partial charge in [-0.15, -0.1) is 0 Å². The van der Waals surface area contributed by atoms with Gasteiger partial charge in [0, 0.05) is 25.2 Å². The van der Waals surface area contributed by atoms with Crippen LogP contribution in [0.4, 0.5) is 5.69 Å². The summed E-state index contributed by atoms with van der Waals surface area (Å²) in [7, 11) is 0. The summed E-state index contributed by atoms with van der Waals surface area (Å²) in [5.41, 5.74) is 0.714. The number of nitrogens with one attached hydrogen (secondary N) is 3. The minimum atomic E-state index is -0.109. The highest BCUT2D eigenvalue weighted by molar-refractivity contribution is 5.88. The molecule has 0 aliphatic rings. The summed E-state index contributed by atoms with van der Waals surface area (Å²) >= 11 is 0. The number of ether oxygens (including phenoxy) is 1. The Bertz CT molecular complexity index is 683. The van der Waals surface area contributed by atoms with Crippen molar-refractivity contribution < 1.29 is 13.9 Å². The number of anilines is 1. The molecule has 0 fully saturated rings. The van der Waals surface area contributed by atoms with Crippen LogP contribution in [0, 0.1) is 0 Å². The molecule has 2 rings (SSSR count). The summed E-state index contributed by atoms with van der Waals surface area (Å²) in [6.45, 7) is 5.78. The lowest BCUT2D eigenvalue weighted by Gasteiger charge is -2.12. The second-order valence-electron chi connectivity index (χ2n) is 5.26. The molecular weight excluding hydrogens is 320 g/mol. The Labute approximate surface area is 147 Å². The third-order valence-electron chi connectivity index (χ3n) is 3.13. The summed E-state index contributed by atoms with van der Waals surface area (Å²) < 4.78 is 11.0. The molecule has 0 aliphatic heterocycles. The number of nitrogens with zero attached hydrogens (tertiary/aromatic N) is 1. The number of aliphatic imine (C=N–C) groups is 1. The quantitative estimate of drug-likeness (QED) is 0.389. The van der Waals surface area contributed by atoms with E-state index in [1.165, 1.54) is 6.92 Å². The van der Waals surface area contributed by atoms with E-state index < -0.39 is 0 Å². The van der Waals surface area contributed by atoms with Gasteiger partial charge in [0.1, 0.15) is 24.7 Å². The average Bonchev–Trinajstić information content (AvgIpc) is 3.09. The van der Waals surface area contributed by atoms with Gasteiger partial charge in [-0.2, -0.15) is 0 Å². The van der Waals surface area contributed by atoms with Gasteiger partial charge >= 0.3 is 0 Å². The second-order valence-corrected chi connectivity index (χ2v) is 5.26. The van der Waals surface area contributed by atoms with Gasteiger partial charge in [-0.3, -0.25) is 4.79 Å². The molecule has 1 aromatic carbocycles. The molecule has 0 unspecified atom stereocenters. The van der Waals surface area contributed by atoms with Crippen molar-refractivity contribution in [2.45, 2.75) is 20.4 Å². The third-order valence-corrected chi connectivity index (χ3v) is 3.13. The molecule has 7 heteroatoms. The molecule has 0 radical (unpaired) electrons. The Balaban J connectivity index is 1.77. The molecule has 0 spiro atoms. The van der Waals surface area contributed by atoms with E-state index in [-0.39, 0.29) is 5.91 Å².